The fourth-order valence-electron chi connectivity index (χ4n) is 2.06. The molecule has 0 unspecified atom stereocenters. The minimum atomic E-state index is 0.671. The van der Waals surface area contributed by atoms with E-state index in [1.165, 1.54) is 0 Å². The highest BCUT2D eigenvalue weighted by molar-refractivity contribution is 6.30. The van der Waals surface area contributed by atoms with E-state index in [0.29, 0.717) is 5.02 Å². The number of imidazole rings is 1. The van der Waals surface area contributed by atoms with Crippen LogP contribution in [-0.4, -0.2) is 23.6 Å². The fourth-order valence-corrected chi connectivity index (χ4v) is 2.23. The Kier molecular flexibility index (Phi) is 3.24. The molecule has 0 amide bonds. The second-order valence-corrected chi connectivity index (χ2v) is 4.78. The lowest BCUT2D eigenvalue weighted by Crippen LogP contribution is -1.88. The first-order valence-corrected chi connectivity index (χ1v) is 6.45. The maximum absolute atomic E-state index is 5.98. The third-order valence-electron chi connectivity index (χ3n) is 3.06. The van der Waals surface area contributed by atoms with E-state index in [0.717, 1.165) is 28.4 Å². The standard InChI is InChI=1S/C15H13ClN2O2/c1-19-12-5-10(6-13(7-12)20-2)14-9-18-8-11(16)3-4-15(18)17-14/h3-9H,1-2H3. The molecule has 0 atom stereocenters. The number of aromatic nitrogens is 2. The van der Waals surface area contributed by atoms with Crippen LogP contribution in [0.3, 0.4) is 0 Å². The summed E-state index contributed by atoms with van der Waals surface area (Å²) in [5.41, 5.74) is 2.61. The van der Waals surface area contributed by atoms with Crippen LogP contribution in [0, 0.1) is 0 Å². The van der Waals surface area contributed by atoms with Gasteiger partial charge >= 0.3 is 0 Å². The quantitative estimate of drug-likeness (QED) is 0.738. The zero-order valence-corrected chi connectivity index (χ0v) is 11.9. The van der Waals surface area contributed by atoms with Crippen LogP contribution < -0.4 is 9.47 Å². The van der Waals surface area contributed by atoms with Gasteiger partial charge in [-0.1, -0.05) is 11.6 Å². The third kappa shape index (κ3) is 2.30. The molecule has 0 bridgehead atoms. The highest BCUT2D eigenvalue weighted by atomic mass is 35.5. The van der Waals surface area contributed by atoms with Gasteiger partial charge in [0.25, 0.3) is 0 Å². The number of halogens is 1. The summed E-state index contributed by atoms with van der Waals surface area (Å²) >= 11 is 5.98. The number of rotatable bonds is 3. The molecule has 0 N–H and O–H groups in total. The van der Waals surface area contributed by atoms with Crippen molar-refractivity contribution in [1.82, 2.24) is 9.38 Å². The van der Waals surface area contributed by atoms with Crippen molar-refractivity contribution in [3.05, 3.63) is 47.7 Å². The van der Waals surface area contributed by atoms with Crippen molar-refractivity contribution in [2.75, 3.05) is 14.2 Å². The molecule has 2 heterocycles. The van der Waals surface area contributed by atoms with Crippen LogP contribution in [0.25, 0.3) is 16.9 Å². The zero-order valence-electron chi connectivity index (χ0n) is 11.1. The Bertz CT molecular complexity index is 745. The SMILES string of the molecule is COc1cc(OC)cc(-c2cn3cc(Cl)ccc3n2)c1. The highest BCUT2D eigenvalue weighted by Gasteiger charge is 2.08. The van der Waals surface area contributed by atoms with Crippen molar-refractivity contribution in [3.63, 3.8) is 0 Å². The van der Waals surface area contributed by atoms with E-state index in [1.807, 2.05) is 47.1 Å². The van der Waals surface area contributed by atoms with Gasteiger partial charge in [-0.2, -0.15) is 0 Å². The lowest BCUT2D eigenvalue weighted by atomic mass is 10.1. The molecule has 0 radical (unpaired) electrons. The smallest absolute Gasteiger partial charge is 0.137 e. The van der Waals surface area contributed by atoms with Gasteiger partial charge in [0.1, 0.15) is 17.1 Å². The van der Waals surface area contributed by atoms with Crippen LogP contribution in [0.5, 0.6) is 11.5 Å². The molecule has 0 saturated carbocycles. The Morgan fingerprint density at radius 1 is 1.00 bits per heavy atom. The summed E-state index contributed by atoms with van der Waals surface area (Å²) in [5.74, 6) is 1.46. The number of fused-ring (bicyclic) bond motifs is 1. The first-order chi connectivity index (χ1) is 9.69. The number of pyridine rings is 1. The number of hydrogen-bond donors (Lipinski definition) is 0. The van der Waals surface area contributed by atoms with Gasteiger partial charge in [0.2, 0.25) is 0 Å². The minimum absolute atomic E-state index is 0.671. The molecule has 1 aromatic carbocycles. The molecule has 0 saturated heterocycles. The minimum Gasteiger partial charge on any atom is -0.497 e. The van der Waals surface area contributed by atoms with Gasteiger partial charge in [0.05, 0.1) is 24.9 Å². The summed E-state index contributed by atoms with van der Waals surface area (Å²) in [6.07, 6.45) is 3.75. The van der Waals surface area contributed by atoms with Crippen molar-refractivity contribution in [3.8, 4) is 22.8 Å². The van der Waals surface area contributed by atoms with E-state index in [2.05, 4.69) is 4.98 Å². The first-order valence-electron chi connectivity index (χ1n) is 6.07. The number of nitrogens with zero attached hydrogens (tertiary/aromatic N) is 2. The maximum Gasteiger partial charge on any atom is 0.137 e. The summed E-state index contributed by atoms with van der Waals surface area (Å²) in [6, 6.07) is 9.37. The molecule has 0 fully saturated rings. The molecule has 3 rings (SSSR count). The van der Waals surface area contributed by atoms with E-state index in [1.54, 1.807) is 14.2 Å². The van der Waals surface area contributed by atoms with Gasteiger partial charge < -0.3 is 13.9 Å². The van der Waals surface area contributed by atoms with E-state index in [-0.39, 0.29) is 0 Å². The number of ether oxygens (including phenoxy) is 2. The Balaban J connectivity index is 2.14. The molecule has 0 aliphatic rings. The molecular weight excluding hydrogens is 276 g/mol. The van der Waals surface area contributed by atoms with Crippen LogP contribution in [0.4, 0.5) is 0 Å². The molecule has 2 aromatic heterocycles. The van der Waals surface area contributed by atoms with E-state index < -0.39 is 0 Å². The number of methoxy groups -OCH3 is 2. The summed E-state index contributed by atoms with van der Waals surface area (Å²) < 4.78 is 12.4. The number of hydrogen-bond acceptors (Lipinski definition) is 3. The Hall–Kier alpha value is -2.20. The van der Waals surface area contributed by atoms with Crippen LogP contribution in [0.15, 0.2) is 42.7 Å². The predicted octanol–water partition coefficient (Wildman–Crippen LogP) is 3.67. The van der Waals surface area contributed by atoms with Crippen LogP contribution in [-0.2, 0) is 0 Å². The third-order valence-corrected chi connectivity index (χ3v) is 3.29. The second kappa shape index (κ2) is 5.06. The van der Waals surface area contributed by atoms with Gasteiger partial charge in [-0.25, -0.2) is 4.98 Å². The fraction of sp³-hybridized carbons (Fsp3) is 0.133. The second-order valence-electron chi connectivity index (χ2n) is 4.34. The first kappa shape index (κ1) is 12.8. The molecule has 3 aromatic rings. The van der Waals surface area contributed by atoms with Crippen LogP contribution in [0.2, 0.25) is 5.02 Å². The van der Waals surface area contributed by atoms with E-state index >= 15 is 0 Å². The van der Waals surface area contributed by atoms with Gasteiger partial charge in [-0.15, -0.1) is 0 Å². The molecule has 0 aliphatic heterocycles. The van der Waals surface area contributed by atoms with E-state index in [4.69, 9.17) is 21.1 Å². The van der Waals surface area contributed by atoms with Crippen molar-refractivity contribution in [2.45, 2.75) is 0 Å². The van der Waals surface area contributed by atoms with E-state index in [9.17, 15) is 0 Å². The average molecular weight is 289 g/mol. The average Bonchev–Trinajstić information content (AvgIpc) is 2.89. The van der Waals surface area contributed by atoms with Gasteiger partial charge in [-0.3, -0.25) is 0 Å². The molecule has 20 heavy (non-hydrogen) atoms. The van der Waals surface area contributed by atoms with Crippen LogP contribution >= 0.6 is 11.6 Å². The maximum atomic E-state index is 5.98. The van der Waals surface area contributed by atoms with Crippen molar-refractivity contribution >= 4 is 17.2 Å². The summed E-state index contributed by atoms with van der Waals surface area (Å²) in [5, 5.41) is 0.671. The predicted molar refractivity (Wildman–Crippen MR) is 78.7 cm³/mol. The van der Waals surface area contributed by atoms with Crippen LogP contribution in [0.1, 0.15) is 0 Å². The molecule has 4 nitrogen and oxygen atoms in total. The summed E-state index contributed by atoms with van der Waals surface area (Å²) in [4.78, 5) is 4.57. The van der Waals surface area contributed by atoms with Gasteiger partial charge in [0.15, 0.2) is 0 Å². The molecular formula is C15H13ClN2O2. The molecule has 0 aliphatic carbocycles. The Morgan fingerprint density at radius 3 is 2.35 bits per heavy atom. The lowest BCUT2D eigenvalue weighted by molar-refractivity contribution is 0.394. The van der Waals surface area contributed by atoms with Gasteiger partial charge in [0, 0.05) is 24.0 Å². The normalized spacial score (nSPS) is 10.8. The zero-order chi connectivity index (χ0) is 14.1. The molecule has 0 spiro atoms. The summed E-state index contributed by atoms with van der Waals surface area (Å²) in [7, 11) is 3.25. The Labute approximate surface area is 121 Å². The van der Waals surface area contributed by atoms with Crippen molar-refractivity contribution in [1.29, 1.82) is 0 Å². The topological polar surface area (TPSA) is 35.8 Å². The van der Waals surface area contributed by atoms with Crippen molar-refractivity contribution in [2.24, 2.45) is 0 Å². The number of benzene rings is 1. The lowest BCUT2D eigenvalue weighted by Gasteiger charge is -2.06. The molecule has 102 valence electrons. The van der Waals surface area contributed by atoms with Gasteiger partial charge in [-0.05, 0) is 24.3 Å². The Morgan fingerprint density at radius 2 is 1.70 bits per heavy atom. The molecule has 5 heteroatoms. The highest BCUT2D eigenvalue weighted by Crippen LogP contribution is 2.29. The summed E-state index contributed by atoms with van der Waals surface area (Å²) in [6.45, 7) is 0. The monoisotopic (exact) mass is 288 g/mol. The largest absolute Gasteiger partial charge is 0.497 e. The van der Waals surface area contributed by atoms with Crippen molar-refractivity contribution < 1.29 is 9.47 Å².